The molecule has 0 fully saturated rings. The third kappa shape index (κ3) is 4.46. The second-order valence-electron chi connectivity index (χ2n) is 4.89. The van der Waals surface area contributed by atoms with Crippen LogP contribution < -0.4 is 4.72 Å². The largest absolute Gasteiger partial charge is 0.462 e. The van der Waals surface area contributed by atoms with Crippen molar-refractivity contribution in [3.8, 4) is 0 Å². The van der Waals surface area contributed by atoms with Crippen LogP contribution in [-0.4, -0.2) is 21.0 Å². The van der Waals surface area contributed by atoms with Crippen LogP contribution in [0.15, 0.2) is 47.4 Å². The van der Waals surface area contributed by atoms with Gasteiger partial charge in [0, 0.05) is 5.69 Å². The quantitative estimate of drug-likeness (QED) is 0.783. The van der Waals surface area contributed by atoms with Crippen LogP contribution in [-0.2, 0) is 14.8 Å². The molecule has 0 bridgehead atoms. The summed E-state index contributed by atoms with van der Waals surface area (Å²) < 4.78 is 44.9. The number of rotatable bonds is 6. The smallest absolute Gasteiger partial charge is 0.338 e. The summed E-state index contributed by atoms with van der Waals surface area (Å²) in [5.74, 6) is -1.11. The summed E-state index contributed by atoms with van der Waals surface area (Å²) in [6.45, 7) is 2.20. The Morgan fingerprint density at radius 3 is 2.46 bits per heavy atom. The standard InChI is InChI=1S/C16H15ClFNO4S/c1-2-9-23-16(20)11-3-6-13(7-4-11)19-24(21,22)15-8-5-12(18)10-14(15)17/h3-8,10,19H,2,9H2,1H3. The highest BCUT2D eigenvalue weighted by Gasteiger charge is 2.18. The zero-order valence-electron chi connectivity index (χ0n) is 12.8. The van der Waals surface area contributed by atoms with Crippen LogP contribution in [0.2, 0.25) is 5.02 Å². The van der Waals surface area contributed by atoms with Gasteiger partial charge in [-0.05, 0) is 48.9 Å². The van der Waals surface area contributed by atoms with Crippen LogP contribution in [0.3, 0.4) is 0 Å². The van der Waals surface area contributed by atoms with Crippen molar-refractivity contribution in [3.05, 3.63) is 58.9 Å². The van der Waals surface area contributed by atoms with E-state index in [-0.39, 0.29) is 15.6 Å². The van der Waals surface area contributed by atoms with Gasteiger partial charge in [-0.3, -0.25) is 4.72 Å². The Morgan fingerprint density at radius 1 is 1.21 bits per heavy atom. The number of hydrogen-bond donors (Lipinski definition) is 1. The lowest BCUT2D eigenvalue weighted by Gasteiger charge is -2.10. The van der Waals surface area contributed by atoms with E-state index in [1.807, 2.05) is 6.92 Å². The van der Waals surface area contributed by atoms with Crippen molar-refractivity contribution in [2.75, 3.05) is 11.3 Å². The third-order valence-corrected chi connectivity index (χ3v) is 4.86. The molecule has 0 aliphatic carbocycles. The van der Waals surface area contributed by atoms with Crippen molar-refractivity contribution in [2.24, 2.45) is 0 Å². The number of halogens is 2. The molecule has 0 amide bonds. The molecule has 2 aromatic rings. The topological polar surface area (TPSA) is 72.5 Å². The molecular weight excluding hydrogens is 357 g/mol. The fraction of sp³-hybridized carbons (Fsp3) is 0.188. The van der Waals surface area contributed by atoms with E-state index in [0.29, 0.717) is 18.6 Å². The van der Waals surface area contributed by atoms with Crippen molar-refractivity contribution in [1.29, 1.82) is 0 Å². The summed E-state index contributed by atoms with van der Waals surface area (Å²) in [5.41, 5.74) is 0.550. The zero-order valence-corrected chi connectivity index (χ0v) is 14.3. The molecule has 0 aliphatic rings. The second kappa shape index (κ2) is 7.63. The molecule has 2 aromatic carbocycles. The number of benzene rings is 2. The van der Waals surface area contributed by atoms with Crippen LogP contribution >= 0.6 is 11.6 Å². The van der Waals surface area contributed by atoms with Crippen molar-refractivity contribution < 1.29 is 22.3 Å². The van der Waals surface area contributed by atoms with Gasteiger partial charge >= 0.3 is 5.97 Å². The molecule has 1 N–H and O–H groups in total. The second-order valence-corrected chi connectivity index (χ2v) is 6.95. The molecule has 2 rings (SSSR count). The Morgan fingerprint density at radius 2 is 1.88 bits per heavy atom. The van der Waals surface area contributed by atoms with E-state index in [1.165, 1.54) is 24.3 Å². The monoisotopic (exact) mass is 371 g/mol. The number of ether oxygens (including phenoxy) is 1. The van der Waals surface area contributed by atoms with E-state index in [0.717, 1.165) is 18.2 Å². The fourth-order valence-electron chi connectivity index (χ4n) is 1.86. The van der Waals surface area contributed by atoms with Crippen molar-refractivity contribution in [1.82, 2.24) is 0 Å². The summed E-state index contributed by atoms with van der Waals surface area (Å²) in [6.07, 6.45) is 0.710. The Hall–Kier alpha value is -2.12. The van der Waals surface area contributed by atoms with Crippen LogP contribution in [0.25, 0.3) is 0 Å². The average Bonchev–Trinajstić information content (AvgIpc) is 2.52. The molecule has 0 unspecified atom stereocenters. The minimum Gasteiger partial charge on any atom is -0.462 e. The number of anilines is 1. The minimum atomic E-state index is -3.97. The predicted molar refractivity (Wildman–Crippen MR) is 89.2 cm³/mol. The molecule has 0 atom stereocenters. The molecule has 24 heavy (non-hydrogen) atoms. The van der Waals surface area contributed by atoms with Crippen LogP contribution in [0.4, 0.5) is 10.1 Å². The molecule has 0 spiro atoms. The molecule has 0 aliphatic heterocycles. The van der Waals surface area contributed by atoms with Gasteiger partial charge in [-0.2, -0.15) is 0 Å². The van der Waals surface area contributed by atoms with Crippen LogP contribution in [0.5, 0.6) is 0 Å². The molecule has 8 heteroatoms. The van der Waals surface area contributed by atoms with Gasteiger partial charge in [0.15, 0.2) is 0 Å². The van der Waals surface area contributed by atoms with Crippen LogP contribution in [0.1, 0.15) is 23.7 Å². The lowest BCUT2D eigenvalue weighted by Crippen LogP contribution is -2.14. The first kappa shape index (κ1) is 18.2. The normalized spacial score (nSPS) is 11.1. The maximum Gasteiger partial charge on any atom is 0.338 e. The highest BCUT2D eigenvalue weighted by Crippen LogP contribution is 2.24. The Bertz CT molecular complexity index is 838. The predicted octanol–water partition coefficient (Wildman–Crippen LogP) is 3.85. The van der Waals surface area contributed by atoms with Gasteiger partial charge in [-0.1, -0.05) is 18.5 Å². The summed E-state index contributed by atoms with van der Waals surface area (Å²) in [6, 6.07) is 8.76. The molecule has 0 saturated heterocycles. The third-order valence-electron chi connectivity index (χ3n) is 2.99. The highest BCUT2D eigenvalue weighted by molar-refractivity contribution is 7.92. The SMILES string of the molecule is CCCOC(=O)c1ccc(NS(=O)(=O)c2ccc(F)cc2Cl)cc1. The average molecular weight is 372 g/mol. The Labute approximate surface area is 144 Å². The lowest BCUT2D eigenvalue weighted by molar-refractivity contribution is 0.0505. The molecule has 128 valence electrons. The first-order chi connectivity index (χ1) is 11.3. The lowest BCUT2D eigenvalue weighted by atomic mass is 10.2. The van der Waals surface area contributed by atoms with E-state index in [9.17, 15) is 17.6 Å². The first-order valence-electron chi connectivity index (χ1n) is 7.08. The van der Waals surface area contributed by atoms with Gasteiger partial charge in [0.1, 0.15) is 10.7 Å². The number of carbonyl (C=O) groups is 1. The van der Waals surface area contributed by atoms with Crippen molar-refractivity contribution in [2.45, 2.75) is 18.2 Å². The highest BCUT2D eigenvalue weighted by atomic mass is 35.5. The van der Waals surface area contributed by atoms with E-state index >= 15 is 0 Å². The van der Waals surface area contributed by atoms with E-state index in [2.05, 4.69) is 4.72 Å². The number of esters is 1. The van der Waals surface area contributed by atoms with Gasteiger partial charge in [0.05, 0.1) is 17.2 Å². The maximum absolute atomic E-state index is 13.0. The molecule has 0 radical (unpaired) electrons. The van der Waals surface area contributed by atoms with Gasteiger partial charge in [-0.25, -0.2) is 17.6 Å². The summed E-state index contributed by atoms with van der Waals surface area (Å²) in [5, 5.41) is -0.220. The van der Waals surface area contributed by atoms with E-state index < -0.39 is 21.8 Å². The zero-order chi connectivity index (χ0) is 17.7. The molecule has 5 nitrogen and oxygen atoms in total. The van der Waals surface area contributed by atoms with Gasteiger partial charge in [0.2, 0.25) is 0 Å². The Balaban J connectivity index is 2.17. The van der Waals surface area contributed by atoms with Gasteiger partial charge in [0.25, 0.3) is 10.0 Å². The molecule has 0 heterocycles. The van der Waals surface area contributed by atoms with Crippen molar-refractivity contribution >= 4 is 33.3 Å². The van der Waals surface area contributed by atoms with Gasteiger partial charge < -0.3 is 4.74 Å². The number of nitrogens with one attached hydrogen (secondary N) is 1. The summed E-state index contributed by atoms with van der Waals surface area (Å²) in [4.78, 5) is 11.4. The first-order valence-corrected chi connectivity index (χ1v) is 8.94. The van der Waals surface area contributed by atoms with E-state index in [1.54, 1.807) is 0 Å². The summed E-state index contributed by atoms with van der Waals surface area (Å²) in [7, 11) is -3.97. The minimum absolute atomic E-state index is 0.220. The number of hydrogen-bond acceptors (Lipinski definition) is 4. The van der Waals surface area contributed by atoms with Gasteiger partial charge in [-0.15, -0.1) is 0 Å². The molecule has 0 saturated carbocycles. The molecular formula is C16H15ClFNO4S. The summed E-state index contributed by atoms with van der Waals surface area (Å²) >= 11 is 5.78. The number of carbonyl (C=O) groups excluding carboxylic acids is 1. The fourth-order valence-corrected chi connectivity index (χ4v) is 3.45. The van der Waals surface area contributed by atoms with Crippen LogP contribution in [0, 0.1) is 5.82 Å². The molecule has 0 aromatic heterocycles. The van der Waals surface area contributed by atoms with Crippen molar-refractivity contribution in [3.63, 3.8) is 0 Å². The van der Waals surface area contributed by atoms with E-state index in [4.69, 9.17) is 16.3 Å². The number of sulfonamides is 1. The Kier molecular flexibility index (Phi) is 5.80. The maximum atomic E-state index is 13.0.